The fourth-order valence-electron chi connectivity index (χ4n) is 3.45. The van der Waals surface area contributed by atoms with Gasteiger partial charge in [-0.2, -0.15) is 0 Å². The summed E-state index contributed by atoms with van der Waals surface area (Å²) in [5, 5.41) is 12.6. The van der Waals surface area contributed by atoms with E-state index in [0.717, 1.165) is 10.4 Å². The zero-order chi connectivity index (χ0) is 24.0. The molecule has 2 N–H and O–H groups in total. The minimum atomic E-state index is -0.941. The van der Waals surface area contributed by atoms with Crippen LogP contribution in [0.25, 0.3) is 0 Å². The van der Waals surface area contributed by atoms with Crippen molar-refractivity contribution in [3.63, 3.8) is 0 Å². The number of carbonyl (C=O) groups is 2. The molecule has 1 aromatic heterocycles. The van der Waals surface area contributed by atoms with Gasteiger partial charge in [-0.15, -0.1) is 11.3 Å². The van der Waals surface area contributed by atoms with Gasteiger partial charge < -0.3 is 10.4 Å². The number of hydrogen-bond donors (Lipinski definition) is 2. The van der Waals surface area contributed by atoms with Crippen LogP contribution >= 0.6 is 34.5 Å². The molecule has 0 aliphatic heterocycles. The lowest BCUT2D eigenvalue weighted by atomic mass is 10.0. The van der Waals surface area contributed by atoms with Gasteiger partial charge in [0.2, 0.25) is 0 Å². The molecular weight excluding hydrogens is 479 g/mol. The Morgan fingerprint density at radius 2 is 1.79 bits per heavy atom. The SMILES string of the molecule is Cc1ccc(CN(Cc2ccc(C(=O)NCCC(=O)O)s2)C(C)c2ccc(Cl)cc2Cl)cc1. The Morgan fingerprint density at radius 3 is 2.45 bits per heavy atom. The van der Waals surface area contributed by atoms with Gasteiger partial charge in [0, 0.05) is 40.6 Å². The first kappa shape index (κ1) is 25.2. The third-order valence-corrected chi connectivity index (χ3v) is 6.97. The van der Waals surface area contributed by atoms with Crippen molar-refractivity contribution in [3.8, 4) is 0 Å². The van der Waals surface area contributed by atoms with Crippen LogP contribution in [0.5, 0.6) is 0 Å². The summed E-state index contributed by atoms with van der Waals surface area (Å²) < 4.78 is 0. The molecule has 1 heterocycles. The summed E-state index contributed by atoms with van der Waals surface area (Å²) >= 11 is 14.0. The number of aliphatic carboxylic acids is 1. The van der Waals surface area contributed by atoms with Crippen LogP contribution < -0.4 is 5.32 Å². The standard InChI is InChI=1S/C25H26Cl2N2O3S/c1-16-3-5-18(6-4-16)14-29(17(2)21-9-7-19(26)13-22(21)27)15-20-8-10-23(33-20)25(32)28-12-11-24(30)31/h3-10,13,17H,11-12,14-15H2,1-2H3,(H,28,32)(H,30,31). The first-order valence-corrected chi connectivity index (χ1v) is 12.1. The molecule has 0 saturated carbocycles. The molecule has 0 aliphatic carbocycles. The second kappa shape index (κ2) is 11.7. The maximum atomic E-state index is 12.3. The number of nitrogens with zero attached hydrogens (tertiary/aromatic N) is 1. The first-order chi connectivity index (χ1) is 15.7. The summed E-state index contributed by atoms with van der Waals surface area (Å²) in [5.74, 6) is -1.20. The van der Waals surface area contributed by atoms with Gasteiger partial charge in [0.25, 0.3) is 5.91 Å². The van der Waals surface area contributed by atoms with Crippen molar-refractivity contribution in [1.82, 2.24) is 10.2 Å². The number of carboxylic acid groups (broad SMARTS) is 1. The van der Waals surface area contributed by atoms with Crippen LogP contribution in [0, 0.1) is 6.92 Å². The highest BCUT2D eigenvalue weighted by Crippen LogP contribution is 2.32. The maximum absolute atomic E-state index is 12.3. The number of carbonyl (C=O) groups excluding carboxylic acids is 1. The molecule has 0 saturated heterocycles. The summed E-state index contributed by atoms with van der Waals surface area (Å²) in [5.41, 5.74) is 3.37. The average Bonchev–Trinajstić information content (AvgIpc) is 3.23. The normalized spacial score (nSPS) is 12.0. The van der Waals surface area contributed by atoms with Crippen molar-refractivity contribution in [3.05, 3.63) is 91.1 Å². The van der Waals surface area contributed by atoms with E-state index >= 15 is 0 Å². The van der Waals surface area contributed by atoms with E-state index in [9.17, 15) is 9.59 Å². The largest absolute Gasteiger partial charge is 0.481 e. The van der Waals surface area contributed by atoms with Crippen LogP contribution in [0.4, 0.5) is 0 Å². The van der Waals surface area contributed by atoms with Gasteiger partial charge in [-0.25, -0.2) is 0 Å². The molecule has 3 rings (SSSR count). The molecule has 0 fully saturated rings. The highest BCUT2D eigenvalue weighted by molar-refractivity contribution is 7.14. The fourth-order valence-corrected chi connectivity index (χ4v) is 4.97. The molecule has 174 valence electrons. The summed E-state index contributed by atoms with van der Waals surface area (Å²) in [4.78, 5) is 26.9. The van der Waals surface area contributed by atoms with Crippen LogP contribution in [0.15, 0.2) is 54.6 Å². The Labute approximate surface area is 208 Å². The van der Waals surface area contributed by atoms with Crippen LogP contribution in [-0.4, -0.2) is 28.4 Å². The molecule has 2 aromatic carbocycles. The van der Waals surface area contributed by atoms with Gasteiger partial charge in [-0.05, 0) is 49.2 Å². The van der Waals surface area contributed by atoms with Crippen molar-refractivity contribution in [2.24, 2.45) is 0 Å². The summed E-state index contributed by atoms with van der Waals surface area (Å²) in [6.07, 6.45) is -0.104. The second-order valence-corrected chi connectivity index (χ2v) is 9.91. The van der Waals surface area contributed by atoms with Crippen molar-refractivity contribution in [1.29, 1.82) is 0 Å². The Morgan fingerprint density at radius 1 is 1.06 bits per heavy atom. The molecule has 3 aromatic rings. The Hall–Kier alpha value is -2.38. The lowest BCUT2D eigenvalue weighted by molar-refractivity contribution is -0.136. The predicted molar refractivity (Wildman–Crippen MR) is 134 cm³/mol. The van der Waals surface area contributed by atoms with Crippen LogP contribution in [-0.2, 0) is 17.9 Å². The molecule has 0 aliphatic rings. The number of benzene rings is 2. The highest BCUT2D eigenvalue weighted by atomic mass is 35.5. The molecule has 0 bridgehead atoms. The smallest absolute Gasteiger partial charge is 0.305 e. The molecule has 1 atom stereocenters. The van der Waals surface area contributed by atoms with E-state index in [4.69, 9.17) is 28.3 Å². The second-order valence-electron chi connectivity index (χ2n) is 7.90. The van der Waals surface area contributed by atoms with Crippen LogP contribution in [0.1, 0.15) is 50.6 Å². The lowest BCUT2D eigenvalue weighted by Gasteiger charge is -2.30. The Bertz CT molecular complexity index is 1120. The maximum Gasteiger partial charge on any atom is 0.305 e. The topological polar surface area (TPSA) is 69.6 Å². The molecule has 33 heavy (non-hydrogen) atoms. The molecule has 0 radical (unpaired) electrons. The monoisotopic (exact) mass is 504 g/mol. The van der Waals surface area contributed by atoms with Crippen molar-refractivity contribution in [2.45, 2.75) is 39.4 Å². The van der Waals surface area contributed by atoms with Crippen LogP contribution in [0.2, 0.25) is 10.0 Å². The summed E-state index contributed by atoms with van der Waals surface area (Å²) in [6, 6.07) is 17.7. The molecular formula is C25H26Cl2N2O3S. The van der Waals surface area contributed by atoms with Crippen molar-refractivity contribution in [2.75, 3.05) is 6.54 Å². The Kier molecular flexibility index (Phi) is 8.92. The number of carboxylic acids is 1. The fraction of sp³-hybridized carbons (Fsp3) is 0.280. The quantitative estimate of drug-likeness (QED) is 0.338. The van der Waals surface area contributed by atoms with Crippen LogP contribution in [0.3, 0.4) is 0 Å². The third kappa shape index (κ3) is 7.30. The minimum Gasteiger partial charge on any atom is -0.481 e. The van der Waals surface area contributed by atoms with E-state index in [2.05, 4.69) is 48.3 Å². The number of halogens is 2. The van der Waals surface area contributed by atoms with E-state index in [1.165, 1.54) is 22.5 Å². The van der Waals surface area contributed by atoms with E-state index in [0.29, 0.717) is 28.0 Å². The summed E-state index contributed by atoms with van der Waals surface area (Å²) in [6.45, 7) is 5.61. The average molecular weight is 505 g/mol. The Balaban J connectivity index is 1.79. The number of rotatable bonds is 10. The number of thiophene rings is 1. The molecule has 1 amide bonds. The first-order valence-electron chi connectivity index (χ1n) is 10.6. The molecule has 0 spiro atoms. The zero-order valence-electron chi connectivity index (χ0n) is 18.5. The molecule has 8 heteroatoms. The highest BCUT2D eigenvalue weighted by Gasteiger charge is 2.21. The number of nitrogens with one attached hydrogen (secondary N) is 1. The zero-order valence-corrected chi connectivity index (χ0v) is 20.8. The number of aryl methyl sites for hydroxylation is 1. The van der Waals surface area contributed by atoms with Gasteiger partial charge in [0.05, 0.1) is 11.3 Å². The van der Waals surface area contributed by atoms with Crippen molar-refractivity contribution < 1.29 is 14.7 Å². The van der Waals surface area contributed by atoms with Crippen molar-refractivity contribution >= 4 is 46.4 Å². The van der Waals surface area contributed by atoms with E-state index in [-0.39, 0.29) is 24.9 Å². The molecule has 1 unspecified atom stereocenters. The van der Waals surface area contributed by atoms with Gasteiger partial charge in [-0.1, -0.05) is 59.1 Å². The number of amides is 1. The van der Waals surface area contributed by atoms with E-state index in [1.807, 2.05) is 18.2 Å². The predicted octanol–water partition coefficient (Wildman–Crippen LogP) is 6.33. The van der Waals surface area contributed by atoms with E-state index in [1.54, 1.807) is 12.1 Å². The lowest BCUT2D eigenvalue weighted by Crippen LogP contribution is -2.26. The minimum absolute atomic E-state index is 0.00557. The van der Waals surface area contributed by atoms with E-state index < -0.39 is 5.97 Å². The summed E-state index contributed by atoms with van der Waals surface area (Å²) in [7, 11) is 0. The van der Waals surface area contributed by atoms with Gasteiger partial charge >= 0.3 is 5.97 Å². The van der Waals surface area contributed by atoms with Gasteiger partial charge in [-0.3, -0.25) is 14.5 Å². The third-order valence-electron chi connectivity index (χ3n) is 5.34. The van der Waals surface area contributed by atoms with Gasteiger partial charge in [0.1, 0.15) is 0 Å². The number of hydrogen-bond acceptors (Lipinski definition) is 4. The molecule has 5 nitrogen and oxygen atoms in total. The van der Waals surface area contributed by atoms with Gasteiger partial charge in [0.15, 0.2) is 0 Å².